The van der Waals surface area contributed by atoms with E-state index in [2.05, 4.69) is 6.07 Å². The number of rotatable bonds is 6. The molecule has 0 saturated heterocycles. The molecule has 0 fully saturated rings. The van der Waals surface area contributed by atoms with Gasteiger partial charge in [0.05, 0.1) is 13.2 Å². The van der Waals surface area contributed by atoms with Crippen molar-refractivity contribution in [3.63, 3.8) is 0 Å². The predicted octanol–water partition coefficient (Wildman–Crippen LogP) is 2.77. The summed E-state index contributed by atoms with van der Waals surface area (Å²) in [5.41, 5.74) is 8.57. The number of aliphatic hydroxyl groups excluding tert-OH is 1. The second kappa shape index (κ2) is 6.81. The number of nitrogens with two attached hydrogens (primary N) is 1. The van der Waals surface area contributed by atoms with Crippen LogP contribution in [0.2, 0.25) is 0 Å². The maximum absolute atomic E-state index is 9.19. The average Bonchev–Trinajstić information content (AvgIpc) is 2.44. The van der Waals surface area contributed by atoms with E-state index in [1.165, 1.54) is 5.56 Å². The number of para-hydroxylation sites is 1. The number of ether oxygens (including phenoxy) is 1. The van der Waals surface area contributed by atoms with Crippen LogP contribution in [0.4, 0.5) is 5.69 Å². The zero-order valence-electron chi connectivity index (χ0n) is 10.9. The highest BCUT2D eigenvalue weighted by Gasteiger charge is 2.01. The maximum Gasteiger partial charge on any atom is 0.124 e. The van der Waals surface area contributed by atoms with Gasteiger partial charge in [0.2, 0.25) is 0 Å². The molecular weight excluding hydrogens is 238 g/mol. The minimum Gasteiger partial charge on any atom is -0.493 e. The molecule has 0 aliphatic rings. The third-order valence-corrected chi connectivity index (χ3v) is 2.96. The molecule has 0 bridgehead atoms. The van der Waals surface area contributed by atoms with Crippen molar-refractivity contribution in [2.45, 2.75) is 19.4 Å². The monoisotopic (exact) mass is 257 g/mol. The summed E-state index contributed by atoms with van der Waals surface area (Å²) in [4.78, 5) is 0. The van der Waals surface area contributed by atoms with E-state index in [4.69, 9.17) is 10.5 Å². The summed E-state index contributed by atoms with van der Waals surface area (Å²) in [6.45, 7) is 0.636. The van der Waals surface area contributed by atoms with Crippen LogP contribution < -0.4 is 10.5 Å². The van der Waals surface area contributed by atoms with Crippen molar-refractivity contribution in [1.82, 2.24) is 0 Å². The second-order valence-corrected chi connectivity index (χ2v) is 4.46. The van der Waals surface area contributed by atoms with Crippen molar-refractivity contribution >= 4 is 5.69 Å². The van der Waals surface area contributed by atoms with E-state index >= 15 is 0 Å². The molecule has 0 atom stereocenters. The van der Waals surface area contributed by atoms with Crippen LogP contribution in [0.3, 0.4) is 0 Å². The topological polar surface area (TPSA) is 55.5 Å². The molecule has 2 aromatic rings. The Morgan fingerprint density at radius 2 is 1.89 bits per heavy atom. The molecular formula is C16H19NO2. The molecule has 3 N–H and O–H groups in total. The molecule has 0 spiro atoms. The summed E-state index contributed by atoms with van der Waals surface area (Å²) in [6.07, 6.45) is 1.86. The van der Waals surface area contributed by atoms with Gasteiger partial charge in [0.25, 0.3) is 0 Å². The third-order valence-electron chi connectivity index (χ3n) is 2.96. The lowest BCUT2D eigenvalue weighted by atomic mass is 10.1. The van der Waals surface area contributed by atoms with Crippen molar-refractivity contribution in [3.05, 3.63) is 59.7 Å². The van der Waals surface area contributed by atoms with Crippen molar-refractivity contribution in [3.8, 4) is 5.75 Å². The van der Waals surface area contributed by atoms with Gasteiger partial charge in [-0.05, 0) is 36.6 Å². The van der Waals surface area contributed by atoms with E-state index < -0.39 is 0 Å². The molecule has 2 rings (SSSR count). The minimum atomic E-state index is 0.00535. The number of benzene rings is 2. The largest absolute Gasteiger partial charge is 0.493 e. The van der Waals surface area contributed by atoms with Crippen molar-refractivity contribution in [2.75, 3.05) is 12.3 Å². The lowest BCUT2D eigenvalue weighted by Gasteiger charge is -2.09. The lowest BCUT2D eigenvalue weighted by molar-refractivity contribution is 0.261. The van der Waals surface area contributed by atoms with Gasteiger partial charge in [0.15, 0.2) is 0 Å². The van der Waals surface area contributed by atoms with Gasteiger partial charge in [-0.1, -0.05) is 30.3 Å². The van der Waals surface area contributed by atoms with Gasteiger partial charge in [-0.3, -0.25) is 0 Å². The standard InChI is InChI=1S/C16H19NO2/c17-15-8-3-5-13(11-15)6-4-10-19-16-9-2-1-7-14(16)12-18/h1-3,5,7-9,11,18H,4,6,10,12,17H2. The summed E-state index contributed by atoms with van der Waals surface area (Å²) < 4.78 is 5.69. The molecule has 0 aromatic heterocycles. The molecule has 3 nitrogen and oxygen atoms in total. The maximum atomic E-state index is 9.19. The van der Waals surface area contributed by atoms with Crippen LogP contribution in [0, 0.1) is 0 Å². The smallest absolute Gasteiger partial charge is 0.124 e. The van der Waals surface area contributed by atoms with Gasteiger partial charge in [0, 0.05) is 11.3 Å². The highest BCUT2D eigenvalue weighted by atomic mass is 16.5. The number of aryl methyl sites for hydroxylation is 1. The summed E-state index contributed by atoms with van der Waals surface area (Å²) in [5.74, 6) is 0.762. The number of aliphatic hydroxyl groups is 1. The molecule has 0 radical (unpaired) electrons. The number of hydrogen-bond acceptors (Lipinski definition) is 3. The van der Waals surface area contributed by atoms with Crippen molar-refractivity contribution in [2.24, 2.45) is 0 Å². The van der Waals surface area contributed by atoms with Crippen LogP contribution in [0.5, 0.6) is 5.75 Å². The van der Waals surface area contributed by atoms with Crippen LogP contribution in [0.1, 0.15) is 17.5 Å². The van der Waals surface area contributed by atoms with Gasteiger partial charge < -0.3 is 15.6 Å². The Balaban J connectivity index is 1.81. The summed E-state index contributed by atoms with van der Waals surface area (Å²) in [7, 11) is 0. The fourth-order valence-electron chi connectivity index (χ4n) is 1.98. The molecule has 0 heterocycles. The molecule has 100 valence electrons. The normalized spacial score (nSPS) is 10.4. The zero-order valence-corrected chi connectivity index (χ0v) is 10.9. The first-order valence-electron chi connectivity index (χ1n) is 6.45. The SMILES string of the molecule is Nc1cccc(CCCOc2ccccc2CO)c1. The molecule has 19 heavy (non-hydrogen) atoms. The minimum absolute atomic E-state index is 0.00535. The first kappa shape index (κ1) is 13.4. The van der Waals surface area contributed by atoms with E-state index in [9.17, 15) is 5.11 Å². The molecule has 0 amide bonds. The Morgan fingerprint density at radius 3 is 2.68 bits per heavy atom. The van der Waals surface area contributed by atoms with Gasteiger partial charge in [-0.25, -0.2) is 0 Å². The molecule has 0 aliphatic heterocycles. The van der Waals surface area contributed by atoms with Crippen LogP contribution >= 0.6 is 0 Å². The molecule has 0 aliphatic carbocycles. The average molecular weight is 257 g/mol. The first-order chi connectivity index (χ1) is 9.29. The highest BCUT2D eigenvalue weighted by Crippen LogP contribution is 2.18. The van der Waals surface area contributed by atoms with Gasteiger partial charge in [0.1, 0.15) is 5.75 Å². The Kier molecular flexibility index (Phi) is 4.81. The van der Waals surface area contributed by atoms with E-state index in [0.717, 1.165) is 29.8 Å². The Labute approximate surface area is 113 Å². The Bertz CT molecular complexity index is 526. The van der Waals surface area contributed by atoms with Gasteiger partial charge in [-0.2, -0.15) is 0 Å². The predicted molar refractivity (Wildman–Crippen MR) is 77.0 cm³/mol. The molecule has 2 aromatic carbocycles. The Hall–Kier alpha value is -2.00. The van der Waals surface area contributed by atoms with E-state index in [1.54, 1.807) is 0 Å². The quantitative estimate of drug-likeness (QED) is 0.618. The van der Waals surface area contributed by atoms with E-state index in [-0.39, 0.29) is 6.61 Å². The highest BCUT2D eigenvalue weighted by molar-refractivity contribution is 5.40. The molecule has 3 heteroatoms. The molecule has 0 unspecified atom stereocenters. The van der Waals surface area contributed by atoms with Gasteiger partial charge >= 0.3 is 0 Å². The number of nitrogen functional groups attached to an aromatic ring is 1. The summed E-state index contributed by atoms with van der Waals surface area (Å²) in [5, 5.41) is 9.19. The fourth-order valence-corrected chi connectivity index (χ4v) is 1.98. The number of anilines is 1. The third kappa shape index (κ3) is 4.00. The first-order valence-corrected chi connectivity index (χ1v) is 6.45. The zero-order chi connectivity index (χ0) is 13.5. The van der Waals surface area contributed by atoms with Crippen molar-refractivity contribution in [1.29, 1.82) is 0 Å². The van der Waals surface area contributed by atoms with E-state index in [0.29, 0.717) is 6.61 Å². The fraction of sp³-hybridized carbons (Fsp3) is 0.250. The van der Waals surface area contributed by atoms with E-state index in [1.807, 2.05) is 42.5 Å². The van der Waals surface area contributed by atoms with Crippen LogP contribution in [0.15, 0.2) is 48.5 Å². The lowest BCUT2D eigenvalue weighted by Crippen LogP contribution is -2.02. The molecule has 0 saturated carbocycles. The van der Waals surface area contributed by atoms with Crippen LogP contribution in [0.25, 0.3) is 0 Å². The second-order valence-electron chi connectivity index (χ2n) is 4.46. The van der Waals surface area contributed by atoms with Crippen LogP contribution in [-0.2, 0) is 13.0 Å². The summed E-state index contributed by atoms with van der Waals surface area (Å²) >= 11 is 0. The number of hydrogen-bond donors (Lipinski definition) is 2. The van der Waals surface area contributed by atoms with Crippen molar-refractivity contribution < 1.29 is 9.84 Å². The van der Waals surface area contributed by atoms with Gasteiger partial charge in [-0.15, -0.1) is 0 Å². The Morgan fingerprint density at radius 1 is 1.05 bits per heavy atom. The van der Waals surface area contributed by atoms with Crippen LogP contribution in [-0.4, -0.2) is 11.7 Å². The summed E-state index contributed by atoms with van der Waals surface area (Å²) in [6, 6.07) is 15.5.